The molecule has 106 valence electrons. The summed E-state index contributed by atoms with van der Waals surface area (Å²) in [5.74, 6) is 0.335. The Balaban J connectivity index is 3.70. The van der Waals surface area contributed by atoms with Crippen LogP contribution < -0.4 is 0 Å². The Hall–Kier alpha value is -0.860. The summed E-state index contributed by atoms with van der Waals surface area (Å²) >= 11 is 0. The van der Waals surface area contributed by atoms with Crippen molar-refractivity contribution in [2.24, 2.45) is 5.92 Å². The number of rotatable bonds is 11. The smallest absolute Gasteiger partial charge is 0.305 e. The lowest BCUT2D eigenvalue weighted by Crippen LogP contribution is -2.11. The highest BCUT2D eigenvalue weighted by Gasteiger charge is 2.13. The van der Waals surface area contributed by atoms with E-state index in [-0.39, 0.29) is 11.9 Å². The van der Waals surface area contributed by atoms with E-state index in [2.05, 4.69) is 11.7 Å². The Kier molecular flexibility index (Phi) is 10.7. The van der Waals surface area contributed by atoms with E-state index in [1.807, 2.05) is 0 Å². The van der Waals surface area contributed by atoms with Crippen molar-refractivity contribution < 1.29 is 14.3 Å². The molecule has 0 N–H and O–H groups in total. The summed E-state index contributed by atoms with van der Waals surface area (Å²) in [7, 11) is 1.41. The van der Waals surface area contributed by atoms with Gasteiger partial charge in [0.05, 0.1) is 7.11 Å². The summed E-state index contributed by atoms with van der Waals surface area (Å²) in [5.41, 5.74) is 0. The van der Waals surface area contributed by atoms with E-state index >= 15 is 0 Å². The number of carbonyl (C=O) groups excluding carboxylic acids is 2. The molecule has 0 aromatic carbocycles. The maximum Gasteiger partial charge on any atom is 0.305 e. The molecule has 3 heteroatoms. The minimum atomic E-state index is -0.155. The highest BCUT2D eigenvalue weighted by molar-refractivity contribution is 5.78. The summed E-state index contributed by atoms with van der Waals surface area (Å²) in [6.07, 6.45) is 9.01. The molecule has 3 nitrogen and oxygen atoms in total. The molecule has 0 saturated carbocycles. The predicted molar refractivity (Wildman–Crippen MR) is 73.4 cm³/mol. The van der Waals surface area contributed by atoms with Gasteiger partial charge < -0.3 is 4.74 Å². The quantitative estimate of drug-likeness (QED) is 0.416. The fraction of sp³-hybridized carbons (Fsp3) is 0.867. The molecule has 0 heterocycles. The molecule has 0 aromatic rings. The van der Waals surface area contributed by atoms with Crippen molar-refractivity contribution >= 4 is 11.8 Å². The van der Waals surface area contributed by atoms with Crippen LogP contribution in [0.25, 0.3) is 0 Å². The zero-order valence-electron chi connectivity index (χ0n) is 12.2. The summed E-state index contributed by atoms with van der Waals surface area (Å²) in [5, 5.41) is 0. The zero-order chi connectivity index (χ0) is 13.8. The summed E-state index contributed by atoms with van der Waals surface area (Å²) in [4.78, 5) is 22.4. The Labute approximate surface area is 111 Å². The largest absolute Gasteiger partial charge is 0.469 e. The Morgan fingerprint density at radius 1 is 1.00 bits per heavy atom. The first-order valence-corrected chi connectivity index (χ1v) is 7.19. The molecule has 0 aliphatic carbocycles. The molecule has 0 spiro atoms. The van der Waals surface area contributed by atoms with E-state index < -0.39 is 0 Å². The van der Waals surface area contributed by atoms with Crippen molar-refractivity contribution in [2.75, 3.05) is 7.11 Å². The molecule has 1 atom stereocenters. The SMILES string of the molecule is CCCCCCC(CCCCC(=O)OC)C(C)=O. The third-order valence-corrected chi connectivity index (χ3v) is 3.39. The zero-order valence-corrected chi connectivity index (χ0v) is 12.2. The van der Waals surface area contributed by atoms with Gasteiger partial charge in [-0.3, -0.25) is 9.59 Å². The number of Topliss-reactive ketones (excluding diaryl/α,β-unsaturated/α-hetero) is 1. The van der Waals surface area contributed by atoms with Crippen molar-refractivity contribution in [1.82, 2.24) is 0 Å². The summed E-state index contributed by atoms with van der Waals surface area (Å²) in [6.45, 7) is 3.88. The van der Waals surface area contributed by atoms with Gasteiger partial charge in [0.2, 0.25) is 0 Å². The van der Waals surface area contributed by atoms with Gasteiger partial charge >= 0.3 is 5.97 Å². The minimum absolute atomic E-state index is 0.155. The van der Waals surface area contributed by atoms with E-state index in [0.717, 1.165) is 32.1 Å². The molecule has 0 bridgehead atoms. The fourth-order valence-corrected chi connectivity index (χ4v) is 2.13. The van der Waals surface area contributed by atoms with Crippen LogP contribution in [0.4, 0.5) is 0 Å². The normalized spacial score (nSPS) is 12.2. The van der Waals surface area contributed by atoms with Crippen LogP contribution in [-0.4, -0.2) is 18.9 Å². The number of carbonyl (C=O) groups is 2. The van der Waals surface area contributed by atoms with Crippen LogP contribution in [0.3, 0.4) is 0 Å². The first-order valence-electron chi connectivity index (χ1n) is 7.19. The Morgan fingerprint density at radius 2 is 1.61 bits per heavy atom. The molecular weight excluding hydrogens is 228 g/mol. The average molecular weight is 256 g/mol. The lowest BCUT2D eigenvalue weighted by Gasteiger charge is -2.13. The molecule has 0 rings (SSSR count). The van der Waals surface area contributed by atoms with Crippen LogP contribution in [0.2, 0.25) is 0 Å². The summed E-state index contributed by atoms with van der Waals surface area (Å²) in [6, 6.07) is 0. The third kappa shape index (κ3) is 9.20. The molecule has 0 saturated heterocycles. The van der Waals surface area contributed by atoms with E-state index in [1.54, 1.807) is 6.92 Å². The fourth-order valence-electron chi connectivity index (χ4n) is 2.13. The number of hydrogen-bond acceptors (Lipinski definition) is 3. The summed E-state index contributed by atoms with van der Waals surface area (Å²) < 4.78 is 4.59. The molecule has 0 amide bonds. The van der Waals surface area contributed by atoms with Gasteiger partial charge in [-0.15, -0.1) is 0 Å². The number of unbranched alkanes of at least 4 members (excludes halogenated alkanes) is 4. The second kappa shape index (κ2) is 11.2. The first kappa shape index (κ1) is 17.1. The van der Waals surface area contributed by atoms with Crippen molar-refractivity contribution in [3.05, 3.63) is 0 Å². The topological polar surface area (TPSA) is 43.4 Å². The van der Waals surface area contributed by atoms with Gasteiger partial charge in [-0.2, -0.15) is 0 Å². The van der Waals surface area contributed by atoms with E-state index in [9.17, 15) is 9.59 Å². The van der Waals surface area contributed by atoms with Crippen molar-refractivity contribution in [3.8, 4) is 0 Å². The lowest BCUT2D eigenvalue weighted by atomic mass is 9.92. The molecular formula is C15H28O3. The third-order valence-electron chi connectivity index (χ3n) is 3.39. The second-order valence-electron chi connectivity index (χ2n) is 4.98. The number of methoxy groups -OCH3 is 1. The van der Waals surface area contributed by atoms with Crippen LogP contribution in [0.1, 0.15) is 71.6 Å². The van der Waals surface area contributed by atoms with Crippen molar-refractivity contribution in [3.63, 3.8) is 0 Å². The van der Waals surface area contributed by atoms with Gasteiger partial charge in [0.25, 0.3) is 0 Å². The highest BCUT2D eigenvalue weighted by Crippen LogP contribution is 2.18. The molecule has 0 aliphatic heterocycles. The minimum Gasteiger partial charge on any atom is -0.469 e. The van der Waals surface area contributed by atoms with Gasteiger partial charge in [-0.05, 0) is 26.2 Å². The average Bonchev–Trinajstić information content (AvgIpc) is 2.36. The second-order valence-corrected chi connectivity index (χ2v) is 4.98. The maximum atomic E-state index is 11.5. The first-order chi connectivity index (χ1) is 8.61. The molecule has 0 radical (unpaired) electrons. The molecule has 0 aliphatic rings. The number of ether oxygens (including phenoxy) is 1. The highest BCUT2D eigenvalue weighted by atomic mass is 16.5. The van der Waals surface area contributed by atoms with Crippen LogP contribution in [0.15, 0.2) is 0 Å². The van der Waals surface area contributed by atoms with Crippen LogP contribution in [0, 0.1) is 5.92 Å². The van der Waals surface area contributed by atoms with Crippen LogP contribution in [-0.2, 0) is 14.3 Å². The van der Waals surface area contributed by atoms with E-state index in [4.69, 9.17) is 0 Å². The Bertz CT molecular complexity index is 236. The predicted octanol–water partition coefficient (Wildman–Crippen LogP) is 3.90. The number of ketones is 1. The van der Waals surface area contributed by atoms with Crippen LogP contribution >= 0.6 is 0 Å². The van der Waals surface area contributed by atoms with Crippen LogP contribution in [0.5, 0.6) is 0 Å². The molecule has 0 aromatic heterocycles. The standard InChI is InChI=1S/C15H28O3/c1-4-5-6-7-10-14(13(2)16)11-8-9-12-15(17)18-3/h14H,4-12H2,1-3H3. The van der Waals surface area contributed by atoms with Gasteiger partial charge in [-0.1, -0.05) is 39.0 Å². The molecule has 0 fully saturated rings. The van der Waals surface area contributed by atoms with E-state index in [0.29, 0.717) is 12.2 Å². The maximum absolute atomic E-state index is 11.5. The molecule has 18 heavy (non-hydrogen) atoms. The van der Waals surface area contributed by atoms with Gasteiger partial charge in [0.1, 0.15) is 5.78 Å². The lowest BCUT2D eigenvalue weighted by molar-refractivity contribution is -0.140. The number of hydrogen-bond donors (Lipinski definition) is 0. The van der Waals surface area contributed by atoms with Gasteiger partial charge in [0.15, 0.2) is 0 Å². The number of esters is 1. The van der Waals surface area contributed by atoms with Gasteiger partial charge in [-0.25, -0.2) is 0 Å². The van der Waals surface area contributed by atoms with Gasteiger partial charge in [0, 0.05) is 12.3 Å². The van der Waals surface area contributed by atoms with Crippen molar-refractivity contribution in [1.29, 1.82) is 0 Å². The molecule has 1 unspecified atom stereocenters. The Morgan fingerprint density at radius 3 is 2.11 bits per heavy atom. The monoisotopic (exact) mass is 256 g/mol. The van der Waals surface area contributed by atoms with E-state index in [1.165, 1.54) is 26.4 Å². The van der Waals surface area contributed by atoms with Crippen molar-refractivity contribution in [2.45, 2.75) is 71.6 Å².